The molecule has 23 heavy (non-hydrogen) atoms. The van der Waals surface area contributed by atoms with E-state index in [9.17, 15) is 9.59 Å². The molecule has 4 rings (SSSR count). The number of hydrogen-bond acceptors (Lipinski definition) is 3. The molecule has 1 aromatic heterocycles. The van der Waals surface area contributed by atoms with Gasteiger partial charge in [0, 0.05) is 16.2 Å². The number of methoxy groups -OCH3 is 1. The van der Waals surface area contributed by atoms with Crippen LogP contribution in [0.4, 0.5) is 4.79 Å². The summed E-state index contributed by atoms with van der Waals surface area (Å²) >= 11 is 0. The second kappa shape index (κ2) is 4.95. The third-order valence-electron chi connectivity index (χ3n) is 4.13. The first kappa shape index (κ1) is 13.5. The number of fused-ring (bicyclic) bond motifs is 5. The minimum Gasteiger partial charge on any atom is -0.452 e. The van der Waals surface area contributed by atoms with Crippen molar-refractivity contribution in [1.29, 1.82) is 0 Å². The highest BCUT2D eigenvalue weighted by Crippen LogP contribution is 2.29. The van der Waals surface area contributed by atoms with Crippen LogP contribution in [0, 0.1) is 0 Å². The second-order valence-corrected chi connectivity index (χ2v) is 5.34. The number of hydrogen-bond donors (Lipinski definition) is 0. The Morgan fingerprint density at radius 2 is 1.48 bits per heavy atom. The summed E-state index contributed by atoms with van der Waals surface area (Å²) in [5.41, 5.74) is 0.218. The SMILES string of the molecule is COC(=O)n1c(=O)c2ccccc2c2ccc3ccccc3c21. The zero-order valence-corrected chi connectivity index (χ0v) is 12.4. The Morgan fingerprint density at radius 3 is 2.22 bits per heavy atom. The fourth-order valence-electron chi connectivity index (χ4n) is 3.11. The summed E-state index contributed by atoms with van der Waals surface area (Å²) in [6.07, 6.45) is -0.679. The summed E-state index contributed by atoms with van der Waals surface area (Å²) in [5.74, 6) is 0. The lowest BCUT2D eigenvalue weighted by Gasteiger charge is -2.13. The highest BCUT2D eigenvalue weighted by Gasteiger charge is 2.17. The van der Waals surface area contributed by atoms with Gasteiger partial charge in [0.25, 0.3) is 5.56 Å². The molecule has 4 nitrogen and oxygen atoms in total. The number of ether oxygens (including phenoxy) is 1. The van der Waals surface area contributed by atoms with Crippen molar-refractivity contribution in [2.75, 3.05) is 7.11 Å². The van der Waals surface area contributed by atoms with Crippen molar-refractivity contribution in [3.63, 3.8) is 0 Å². The van der Waals surface area contributed by atoms with Crippen molar-refractivity contribution in [3.05, 3.63) is 71.0 Å². The van der Waals surface area contributed by atoms with E-state index in [0.717, 1.165) is 26.1 Å². The summed E-state index contributed by atoms with van der Waals surface area (Å²) in [6, 6.07) is 18.9. The van der Waals surface area contributed by atoms with Crippen molar-refractivity contribution in [2.24, 2.45) is 0 Å². The molecule has 0 radical (unpaired) electrons. The van der Waals surface area contributed by atoms with Crippen LogP contribution < -0.4 is 5.56 Å². The molecule has 0 saturated heterocycles. The molecule has 4 aromatic rings. The molecule has 0 fully saturated rings. The zero-order chi connectivity index (χ0) is 16.0. The van der Waals surface area contributed by atoms with E-state index in [2.05, 4.69) is 0 Å². The minimum atomic E-state index is -0.679. The lowest BCUT2D eigenvalue weighted by atomic mass is 10.0. The molecule has 0 saturated carbocycles. The maximum Gasteiger partial charge on any atom is 0.421 e. The number of aromatic nitrogens is 1. The quantitative estimate of drug-likeness (QED) is 0.463. The van der Waals surface area contributed by atoms with Crippen LogP contribution in [0.15, 0.2) is 65.5 Å². The van der Waals surface area contributed by atoms with Crippen LogP contribution >= 0.6 is 0 Å². The van der Waals surface area contributed by atoms with E-state index in [0.29, 0.717) is 10.9 Å². The molecule has 0 bridgehead atoms. The van der Waals surface area contributed by atoms with Crippen LogP contribution in [0.5, 0.6) is 0 Å². The number of carbonyl (C=O) groups excluding carboxylic acids is 1. The van der Waals surface area contributed by atoms with Crippen LogP contribution in [-0.4, -0.2) is 17.8 Å². The first-order valence-corrected chi connectivity index (χ1v) is 7.26. The van der Waals surface area contributed by atoms with E-state index in [1.54, 1.807) is 12.1 Å². The fourth-order valence-corrected chi connectivity index (χ4v) is 3.11. The molecule has 112 valence electrons. The van der Waals surface area contributed by atoms with Gasteiger partial charge in [-0.25, -0.2) is 9.36 Å². The third-order valence-corrected chi connectivity index (χ3v) is 4.13. The molecule has 3 aromatic carbocycles. The molecule has 0 unspecified atom stereocenters. The van der Waals surface area contributed by atoms with Crippen LogP contribution in [0.3, 0.4) is 0 Å². The van der Waals surface area contributed by atoms with Crippen LogP contribution in [0.1, 0.15) is 0 Å². The standard InChI is InChI=1S/C19H13NO3/c1-23-19(22)20-17-13-7-3-2-6-12(13)10-11-15(17)14-8-4-5-9-16(14)18(20)21/h2-11H,1H3. The minimum absolute atomic E-state index is 0.365. The Morgan fingerprint density at radius 1 is 0.826 bits per heavy atom. The largest absolute Gasteiger partial charge is 0.452 e. The summed E-state index contributed by atoms with van der Waals surface area (Å²) < 4.78 is 5.97. The van der Waals surface area contributed by atoms with Crippen molar-refractivity contribution in [1.82, 2.24) is 4.57 Å². The number of benzene rings is 3. The van der Waals surface area contributed by atoms with Gasteiger partial charge >= 0.3 is 6.09 Å². The third kappa shape index (κ3) is 1.85. The van der Waals surface area contributed by atoms with E-state index in [1.807, 2.05) is 48.5 Å². The first-order valence-electron chi connectivity index (χ1n) is 7.26. The van der Waals surface area contributed by atoms with E-state index >= 15 is 0 Å². The number of nitrogens with zero attached hydrogens (tertiary/aromatic N) is 1. The lowest BCUT2D eigenvalue weighted by molar-refractivity contribution is 0.173. The predicted molar refractivity (Wildman–Crippen MR) is 91.0 cm³/mol. The molecule has 0 aliphatic rings. The maximum atomic E-state index is 12.8. The summed E-state index contributed by atoms with van der Waals surface area (Å²) in [7, 11) is 1.28. The van der Waals surface area contributed by atoms with Gasteiger partial charge in [-0.3, -0.25) is 4.79 Å². The molecule has 4 heteroatoms. The lowest BCUT2D eigenvalue weighted by Crippen LogP contribution is -2.27. The van der Waals surface area contributed by atoms with Gasteiger partial charge in [0.15, 0.2) is 0 Å². The topological polar surface area (TPSA) is 48.3 Å². The average Bonchev–Trinajstić information content (AvgIpc) is 2.61. The Hall–Kier alpha value is -3.14. The Labute approximate surface area is 131 Å². The second-order valence-electron chi connectivity index (χ2n) is 5.34. The Bertz CT molecular complexity index is 1140. The van der Waals surface area contributed by atoms with Crippen molar-refractivity contribution < 1.29 is 9.53 Å². The monoisotopic (exact) mass is 303 g/mol. The van der Waals surface area contributed by atoms with Gasteiger partial charge in [-0.15, -0.1) is 0 Å². The van der Waals surface area contributed by atoms with Crippen molar-refractivity contribution >= 4 is 38.5 Å². The molecule has 0 amide bonds. The van der Waals surface area contributed by atoms with Gasteiger partial charge in [0.1, 0.15) is 0 Å². The van der Waals surface area contributed by atoms with E-state index < -0.39 is 6.09 Å². The predicted octanol–water partition coefficient (Wildman–Crippen LogP) is 3.92. The molecular formula is C19H13NO3. The van der Waals surface area contributed by atoms with Crippen molar-refractivity contribution in [3.8, 4) is 0 Å². The highest BCUT2D eigenvalue weighted by molar-refractivity contribution is 6.17. The molecule has 0 aliphatic heterocycles. The van der Waals surface area contributed by atoms with Gasteiger partial charge in [0.05, 0.1) is 12.6 Å². The van der Waals surface area contributed by atoms with Crippen LogP contribution in [-0.2, 0) is 4.74 Å². The number of rotatable bonds is 0. The smallest absolute Gasteiger partial charge is 0.421 e. The molecule has 0 atom stereocenters. The summed E-state index contributed by atoms with van der Waals surface area (Å²) in [5, 5.41) is 3.99. The average molecular weight is 303 g/mol. The number of pyridine rings is 1. The first-order chi connectivity index (χ1) is 11.2. The molecule has 0 aliphatic carbocycles. The molecule has 0 N–H and O–H groups in total. The normalized spacial score (nSPS) is 11.2. The maximum absolute atomic E-state index is 12.8. The van der Waals surface area contributed by atoms with Gasteiger partial charge in [-0.1, -0.05) is 54.6 Å². The van der Waals surface area contributed by atoms with E-state index in [4.69, 9.17) is 4.74 Å². The molecule has 1 heterocycles. The Balaban J connectivity index is 2.39. The molecule has 0 spiro atoms. The van der Waals surface area contributed by atoms with E-state index in [1.165, 1.54) is 7.11 Å². The van der Waals surface area contributed by atoms with Crippen LogP contribution in [0.2, 0.25) is 0 Å². The van der Waals surface area contributed by atoms with Gasteiger partial charge in [-0.2, -0.15) is 0 Å². The van der Waals surface area contributed by atoms with Gasteiger partial charge in [0.2, 0.25) is 0 Å². The fraction of sp³-hybridized carbons (Fsp3) is 0.0526. The molecular weight excluding hydrogens is 290 g/mol. The van der Waals surface area contributed by atoms with Crippen LogP contribution in [0.25, 0.3) is 32.4 Å². The van der Waals surface area contributed by atoms with Gasteiger partial charge in [-0.05, 0) is 16.8 Å². The Kier molecular flexibility index (Phi) is 2.91. The number of carbonyl (C=O) groups is 1. The summed E-state index contributed by atoms with van der Waals surface area (Å²) in [4.78, 5) is 25.1. The highest BCUT2D eigenvalue weighted by atomic mass is 16.5. The van der Waals surface area contributed by atoms with E-state index in [-0.39, 0.29) is 5.56 Å². The zero-order valence-electron chi connectivity index (χ0n) is 12.4. The summed E-state index contributed by atoms with van der Waals surface area (Å²) in [6.45, 7) is 0. The van der Waals surface area contributed by atoms with Gasteiger partial charge < -0.3 is 4.74 Å². The van der Waals surface area contributed by atoms with Crippen molar-refractivity contribution in [2.45, 2.75) is 0 Å².